The van der Waals surface area contributed by atoms with E-state index in [2.05, 4.69) is 45.0 Å². The zero-order valence-electron chi connectivity index (χ0n) is 11.5. The summed E-state index contributed by atoms with van der Waals surface area (Å²) in [7, 11) is 1.85. The molecule has 1 saturated carbocycles. The van der Waals surface area contributed by atoms with Gasteiger partial charge in [0.05, 0.1) is 0 Å². The van der Waals surface area contributed by atoms with E-state index < -0.39 is 0 Å². The van der Waals surface area contributed by atoms with Crippen LogP contribution in [0.25, 0.3) is 0 Å². The molecular weight excluding hydrogens is 206 g/mol. The Labute approximate surface area is 105 Å². The maximum atomic E-state index is 4.35. The second kappa shape index (κ2) is 5.81. The predicted molar refractivity (Wildman–Crippen MR) is 77.6 cm³/mol. The molecular formula is C16H23N. The van der Waals surface area contributed by atoms with Gasteiger partial charge in [-0.3, -0.25) is 4.99 Å². The second-order valence-electron chi connectivity index (χ2n) is 4.72. The van der Waals surface area contributed by atoms with Crippen molar-refractivity contribution in [2.45, 2.75) is 33.6 Å². The molecule has 92 valence electrons. The number of rotatable bonds is 5. The second-order valence-corrected chi connectivity index (χ2v) is 4.72. The number of hydrogen-bond acceptors (Lipinski definition) is 1. The van der Waals surface area contributed by atoms with Crippen molar-refractivity contribution in [1.82, 2.24) is 0 Å². The lowest BCUT2D eigenvalue weighted by Gasteiger charge is -2.15. The van der Waals surface area contributed by atoms with Gasteiger partial charge in [-0.25, -0.2) is 0 Å². The van der Waals surface area contributed by atoms with Crippen LogP contribution in [-0.4, -0.2) is 12.8 Å². The van der Waals surface area contributed by atoms with Crippen LogP contribution >= 0.6 is 0 Å². The van der Waals surface area contributed by atoms with E-state index in [1.165, 1.54) is 29.6 Å². The van der Waals surface area contributed by atoms with Gasteiger partial charge in [-0.05, 0) is 50.7 Å². The topological polar surface area (TPSA) is 12.4 Å². The van der Waals surface area contributed by atoms with Gasteiger partial charge in [-0.15, -0.1) is 0 Å². The van der Waals surface area contributed by atoms with E-state index in [9.17, 15) is 0 Å². The van der Waals surface area contributed by atoms with Gasteiger partial charge in [-0.1, -0.05) is 30.9 Å². The highest BCUT2D eigenvalue weighted by Crippen LogP contribution is 2.41. The van der Waals surface area contributed by atoms with E-state index in [1.54, 1.807) is 0 Å². The summed E-state index contributed by atoms with van der Waals surface area (Å²) in [6, 6.07) is 0. The standard InChI is InChI=1S/C16H23N/c1-7-8-15(14-9-10-14)16(13(5)17-6)12(4)11(2)3/h7-8,14H,1-2,9-10H2,3-6H3/b15-8-,16-12+,17-13?. The van der Waals surface area contributed by atoms with Crippen molar-refractivity contribution in [3.05, 3.63) is 47.6 Å². The van der Waals surface area contributed by atoms with Gasteiger partial charge >= 0.3 is 0 Å². The molecule has 0 amide bonds. The molecule has 1 fully saturated rings. The third-order valence-corrected chi connectivity index (χ3v) is 3.32. The summed E-state index contributed by atoms with van der Waals surface area (Å²) < 4.78 is 0. The van der Waals surface area contributed by atoms with Crippen LogP contribution in [0.15, 0.2) is 52.6 Å². The molecule has 17 heavy (non-hydrogen) atoms. The van der Waals surface area contributed by atoms with Gasteiger partial charge in [0.15, 0.2) is 0 Å². The first-order valence-corrected chi connectivity index (χ1v) is 6.16. The maximum Gasteiger partial charge on any atom is 0.0391 e. The Bertz CT molecular complexity index is 415. The highest BCUT2D eigenvalue weighted by molar-refractivity contribution is 6.03. The predicted octanol–water partition coefficient (Wildman–Crippen LogP) is 4.49. The van der Waals surface area contributed by atoms with E-state index >= 15 is 0 Å². The van der Waals surface area contributed by atoms with Crippen molar-refractivity contribution in [3.63, 3.8) is 0 Å². The zero-order valence-corrected chi connectivity index (χ0v) is 11.5. The Morgan fingerprint density at radius 2 is 1.82 bits per heavy atom. The minimum absolute atomic E-state index is 0.689. The fourth-order valence-electron chi connectivity index (χ4n) is 1.97. The molecule has 0 bridgehead atoms. The molecule has 1 aliphatic carbocycles. The van der Waals surface area contributed by atoms with Crippen molar-refractivity contribution >= 4 is 5.71 Å². The minimum atomic E-state index is 0.689. The van der Waals surface area contributed by atoms with Crippen LogP contribution in [0.4, 0.5) is 0 Å². The highest BCUT2D eigenvalue weighted by atomic mass is 14.7. The van der Waals surface area contributed by atoms with Crippen LogP contribution in [0.5, 0.6) is 0 Å². The lowest BCUT2D eigenvalue weighted by Crippen LogP contribution is -2.06. The summed E-state index contributed by atoms with van der Waals surface area (Å²) in [6.45, 7) is 14.1. The molecule has 0 unspecified atom stereocenters. The van der Waals surface area contributed by atoms with E-state index in [0.717, 1.165) is 11.3 Å². The summed E-state index contributed by atoms with van der Waals surface area (Å²) in [5.41, 5.74) is 6.09. The number of aliphatic imine (C=N–C) groups is 1. The van der Waals surface area contributed by atoms with Crippen LogP contribution in [0.1, 0.15) is 33.6 Å². The molecule has 0 aromatic heterocycles. The number of allylic oxidation sites excluding steroid dienone is 6. The summed E-state index contributed by atoms with van der Waals surface area (Å²) in [4.78, 5) is 4.35. The molecule has 1 heteroatoms. The van der Waals surface area contributed by atoms with E-state index in [1.807, 2.05) is 13.1 Å². The normalized spacial score (nSPS) is 18.8. The zero-order chi connectivity index (χ0) is 13.0. The molecule has 1 rings (SSSR count). The Morgan fingerprint density at radius 3 is 2.18 bits per heavy atom. The Hall–Kier alpha value is -1.37. The first-order valence-electron chi connectivity index (χ1n) is 6.16. The lowest BCUT2D eigenvalue weighted by atomic mass is 9.90. The first kappa shape index (κ1) is 13.7. The van der Waals surface area contributed by atoms with Gasteiger partial charge in [0.1, 0.15) is 0 Å². The average molecular weight is 229 g/mol. The third-order valence-electron chi connectivity index (χ3n) is 3.32. The molecule has 0 saturated heterocycles. The van der Waals surface area contributed by atoms with E-state index in [0.29, 0.717) is 5.92 Å². The molecule has 0 radical (unpaired) electrons. The van der Waals surface area contributed by atoms with E-state index in [4.69, 9.17) is 0 Å². The average Bonchev–Trinajstić information content (AvgIpc) is 3.11. The molecule has 0 atom stereocenters. The Balaban J connectivity index is 3.32. The SMILES string of the molecule is C=C/C=C(\C(C(C)=NC)=C(/C)C(=C)C)C1CC1. The van der Waals surface area contributed by atoms with Crippen LogP contribution in [-0.2, 0) is 0 Å². The smallest absolute Gasteiger partial charge is 0.0391 e. The molecule has 0 N–H and O–H groups in total. The summed E-state index contributed by atoms with van der Waals surface area (Å²) in [5, 5.41) is 0. The van der Waals surface area contributed by atoms with Gasteiger partial charge in [0, 0.05) is 18.3 Å². The maximum absolute atomic E-state index is 4.35. The Morgan fingerprint density at radius 1 is 1.24 bits per heavy atom. The quantitative estimate of drug-likeness (QED) is 0.486. The van der Waals surface area contributed by atoms with Gasteiger partial charge in [-0.2, -0.15) is 0 Å². The van der Waals surface area contributed by atoms with E-state index in [-0.39, 0.29) is 0 Å². The monoisotopic (exact) mass is 229 g/mol. The van der Waals surface area contributed by atoms with Crippen LogP contribution < -0.4 is 0 Å². The number of hydrogen-bond donors (Lipinski definition) is 0. The van der Waals surface area contributed by atoms with Gasteiger partial charge < -0.3 is 0 Å². The molecule has 0 aromatic rings. The fraction of sp³-hybridized carbons (Fsp3) is 0.438. The highest BCUT2D eigenvalue weighted by Gasteiger charge is 2.29. The summed E-state index contributed by atoms with van der Waals surface area (Å²) >= 11 is 0. The molecule has 0 spiro atoms. The molecule has 0 heterocycles. The largest absolute Gasteiger partial charge is 0.293 e. The van der Waals surface area contributed by atoms with Crippen molar-refractivity contribution < 1.29 is 0 Å². The van der Waals surface area contributed by atoms with Gasteiger partial charge in [0.25, 0.3) is 0 Å². The Kier molecular flexibility index (Phi) is 4.68. The fourth-order valence-corrected chi connectivity index (χ4v) is 1.97. The van der Waals surface area contributed by atoms with Gasteiger partial charge in [0.2, 0.25) is 0 Å². The van der Waals surface area contributed by atoms with Crippen molar-refractivity contribution in [3.8, 4) is 0 Å². The first-order chi connectivity index (χ1) is 8.02. The molecule has 0 aromatic carbocycles. The molecule has 1 aliphatic rings. The summed E-state index contributed by atoms with van der Waals surface area (Å²) in [5.74, 6) is 0.689. The van der Waals surface area contributed by atoms with Crippen LogP contribution in [0, 0.1) is 5.92 Å². The number of nitrogens with zero attached hydrogens (tertiary/aromatic N) is 1. The van der Waals surface area contributed by atoms with Crippen molar-refractivity contribution in [1.29, 1.82) is 0 Å². The summed E-state index contributed by atoms with van der Waals surface area (Å²) in [6.07, 6.45) is 6.57. The molecule has 0 aliphatic heterocycles. The van der Waals surface area contributed by atoms with Crippen molar-refractivity contribution in [2.75, 3.05) is 7.05 Å². The van der Waals surface area contributed by atoms with Crippen molar-refractivity contribution in [2.24, 2.45) is 10.9 Å². The minimum Gasteiger partial charge on any atom is -0.293 e. The van der Waals surface area contributed by atoms with Crippen LogP contribution in [0.2, 0.25) is 0 Å². The third kappa shape index (κ3) is 3.29. The molecule has 1 nitrogen and oxygen atoms in total. The lowest BCUT2D eigenvalue weighted by molar-refractivity contribution is 1.02. The van der Waals surface area contributed by atoms with Crippen LogP contribution in [0.3, 0.4) is 0 Å².